The molecular weight excluding hydrogens is 342 g/mol. The van der Waals surface area contributed by atoms with Crippen molar-refractivity contribution in [2.75, 3.05) is 6.54 Å². The van der Waals surface area contributed by atoms with Crippen molar-refractivity contribution in [1.82, 2.24) is 15.4 Å². The molecule has 0 heterocycles. The predicted octanol–water partition coefficient (Wildman–Crippen LogP) is 0.402. The molecule has 1 aliphatic carbocycles. The fourth-order valence-electron chi connectivity index (χ4n) is 1.82. The van der Waals surface area contributed by atoms with Gasteiger partial charge in [-0.1, -0.05) is 17.7 Å². The molecule has 1 aliphatic rings. The quantitative estimate of drug-likeness (QED) is 0.655. The normalized spacial score (nSPS) is 15.7. The van der Waals surface area contributed by atoms with Crippen LogP contribution in [0.4, 0.5) is 0 Å². The summed E-state index contributed by atoms with van der Waals surface area (Å²) in [6, 6.07) is 4.91. The second-order valence-electron chi connectivity index (χ2n) is 5.36. The van der Waals surface area contributed by atoms with Crippen molar-refractivity contribution in [2.24, 2.45) is 0 Å². The van der Waals surface area contributed by atoms with Crippen LogP contribution in [0.15, 0.2) is 29.2 Å². The third-order valence-corrected chi connectivity index (χ3v) is 4.97. The summed E-state index contributed by atoms with van der Waals surface area (Å²) in [5, 5.41) is 5.40. The molecule has 1 fully saturated rings. The van der Waals surface area contributed by atoms with Crippen molar-refractivity contribution in [2.45, 2.75) is 36.7 Å². The molecule has 0 aromatic heterocycles. The first-order chi connectivity index (χ1) is 10.8. The SMILES string of the molecule is C[C@H](NS(=O)(=O)c1cccc(Cl)c1)C(=O)NCC(=O)NC1CC1. The van der Waals surface area contributed by atoms with Gasteiger partial charge in [0.15, 0.2) is 0 Å². The van der Waals surface area contributed by atoms with E-state index in [0.29, 0.717) is 0 Å². The Balaban J connectivity index is 1.87. The average Bonchev–Trinajstić information content (AvgIpc) is 3.28. The third-order valence-electron chi connectivity index (χ3n) is 3.20. The van der Waals surface area contributed by atoms with Gasteiger partial charge < -0.3 is 10.6 Å². The van der Waals surface area contributed by atoms with E-state index in [-0.39, 0.29) is 28.4 Å². The maximum absolute atomic E-state index is 12.2. The van der Waals surface area contributed by atoms with Crippen molar-refractivity contribution >= 4 is 33.4 Å². The number of halogens is 1. The summed E-state index contributed by atoms with van der Waals surface area (Å²) in [6.07, 6.45) is 1.91. The lowest BCUT2D eigenvalue weighted by Crippen LogP contribution is -2.47. The number of hydrogen-bond acceptors (Lipinski definition) is 4. The van der Waals surface area contributed by atoms with Gasteiger partial charge in [-0.3, -0.25) is 9.59 Å². The van der Waals surface area contributed by atoms with Gasteiger partial charge in [0.2, 0.25) is 21.8 Å². The average molecular weight is 360 g/mol. The second kappa shape index (κ2) is 7.29. The Morgan fingerprint density at radius 1 is 1.35 bits per heavy atom. The Labute approximate surface area is 139 Å². The highest BCUT2D eigenvalue weighted by atomic mass is 35.5. The second-order valence-corrected chi connectivity index (χ2v) is 7.51. The summed E-state index contributed by atoms with van der Waals surface area (Å²) in [5.74, 6) is -0.868. The summed E-state index contributed by atoms with van der Waals surface area (Å²) < 4.78 is 26.6. The highest BCUT2D eigenvalue weighted by Gasteiger charge is 2.25. The Kier molecular flexibility index (Phi) is 5.61. The number of sulfonamides is 1. The number of hydrogen-bond donors (Lipinski definition) is 3. The minimum absolute atomic E-state index is 0.0314. The lowest BCUT2D eigenvalue weighted by Gasteiger charge is -2.14. The molecule has 2 rings (SSSR count). The number of amides is 2. The lowest BCUT2D eigenvalue weighted by molar-refractivity contribution is -0.126. The molecule has 23 heavy (non-hydrogen) atoms. The van der Waals surface area contributed by atoms with Crippen LogP contribution in [0.5, 0.6) is 0 Å². The van der Waals surface area contributed by atoms with E-state index >= 15 is 0 Å². The number of nitrogens with one attached hydrogen (secondary N) is 3. The van der Waals surface area contributed by atoms with Crippen molar-refractivity contribution < 1.29 is 18.0 Å². The molecule has 0 spiro atoms. The number of rotatable bonds is 7. The van der Waals surface area contributed by atoms with Gasteiger partial charge >= 0.3 is 0 Å². The first-order valence-electron chi connectivity index (χ1n) is 7.13. The highest BCUT2D eigenvalue weighted by Crippen LogP contribution is 2.18. The monoisotopic (exact) mass is 359 g/mol. The van der Waals surface area contributed by atoms with Crippen LogP contribution >= 0.6 is 11.6 Å². The van der Waals surface area contributed by atoms with E-state index in [1.54, 1.807) is 6.07 Å². The van der Waals surface area contributed by atoms with E-state index < -0.39 is 22.0 Å². The van der Waals surface area contributed by atoms with Crippen LogP contribution in [0.25, 0.3) is 0 Å². The molecule has 2 amide bonds. The molecule has 1 aromatic rings. The van der Waals surface area contributed by atoms with Gasteiger partial charge in [-0.2, -0.15) is 4.72 Å². The van der Waals surface area contributed by atoms with Crippen LogP contribution in [0.1, 0.15) is 19.8 Å². The molecule has 0 radical (unpaired) electrons. The van der Waals surface area contributed by atoms with Crippen LogP contribution < -0.4 is 15.4 Å². The van der Waals surface area contributed by atoms with Gasteiger partial charge in [0, 0.05) is 11.1 Å². The number of carbonyl (C=O) groups excluding carboxylic acids is 2. The van der Waals surface area contributed by atoms with Crippen LogP contribution in [0, 0.1) is 0 Å². The zero-order valence-corrected chi connectivity index (χ0v) is 14.1. The minimum atomic E-state index is -3.87. The third kappa shape index (κ3) is 5.49. The lowest BCUT2D eigenvalue weighted by atomic mass is 10.3. The first-order valence-corrected chi connectivity index (χ1v) is 8.99. The molecule has 1 aromatic carbocycles. The van der Waals surface area contributed by atoms with Crippen LogP contribution in [-0.2, 0) is 19.6 Å². The first kappa shape index (κ1) is 17.7. The van der Waals surface area contributed by atoms with Gasteiger partial charge in [0.25, 0.3) is 0 Å². The summed E-state index contributed by atoms with van der Waals surface area (Å²) >= 11 is 5.77. The molecule has 7 nitrogen and oxygen atoms in total. The van der Waals surface area contributed by atoms with Gasteiger partial charge in [-0.05, 0) is 38.0 Å². The predicted molar refractivity (Wildman–Crippen MR) is 85.4 cm³/mol. The standard InChI is InChI=1S/C14H18ClN3O4S/c1-9(14(20)16-8-13(19)17-11-5-6-11)18-23(21,22)12-4-2-3-10(15)7-12/h2-4,7,9,11,18H,5-6,8H2,1H3,(H,16,20)(H,17,19)/t9-/m0/s1. The molecule has 9 heteroatoms. The highest BCUT2D eigenvalue weighted by molar-refractivity contribution is 7.89. The molecule has 3 N–H and O–H groups in total. The van der Waals surface area contributed by atoms with Crippen molar-refractivity contribution in [3.8, 4) is 0 Å². The Morgan fingerprint density at radius 2 is 2.04 bits per heavy atom. The fraction of sp³-hybridized carbons (Fsp3) is 0.429. The summed E-state index contributed by atoms with van der Waals surface area (Å²) in [5.41, 5.74) is 0. The largest absolute Gasteiger partial charge is 0.352 e. The van der Waals surface area contributed by atoms with E-state index in [9.17, 15) is 18.0 Å². The van der Waals surface area contributed by atoms with Gasteiger partial charge in [-0.25, -0.2) is 8.42 Å². The molecule has 1 saturated carbocycles. The zero-order chi connectivity index (χ0) is 17.0. The minimum Gasteiger partial charge on any atom is -0.352 e. The maximum atomic E-state index is 12.2. The number of carbonyl (C=O) groups is 2. The molecule has 0 saturated heterocycles. The number of benzene rings is 1. The fourth-order valence-corrected chi connectivity index (χ4v) is 3.32. The van der Waals surface area contributed by atoms with Gasteiger partial charge in [-0.15, -0.1) is 0 Å². The smallest absolute Gasteiger partial charge is 0.241 e. The molecule has 126 valence electrons. The van der Waals surface area contributed by atoms with Crippen LogP contribution in [-0.4, -0.2) is 38.9 Å². The van der Waals surface area contributed by atoms with Gasteiger partial charge in [0.05, 0.1) is 17.5 Å². The zero-order valence-electron chi connectivity index (χ0n) is 12.5. The van der Waals surface area contributed by atoms with E-state index in [2.05, 4.69) is 15.4 Å². The topological polar surface area (TPSA) is 104 Å². The van der Waals surface area contributed by atoms with E-state index in [0.717, 1.165) is 12.8 Å². The summed E-state index contributed by atoms with van der Waals surface area (Å²) in [7, 11) is -3.87. The molecular formula is C14H18ClN3O4S. The van der Waals surface area contributed by atoms with Crippen molar-refractivity contribution in [3.63, 3.8) is 0 Å². The van der Waals surface area contributed by atoms with E-state index in [1.807, 2.05) is 0 Å². The molecule has 0 unspecified atom stereocenters. The van der Waals surface area contributed by atoms with E-state index in [4.69, 9.17) is 11.6 Å². The molecule has 0 bridgehead atoms. The molecule has 1 atom stereocenters. The van der Waals surface area contributed by atoms with E-state index in [1.165, 1.54) is 25.1 Å². The molecule has 0 aliphatic heterocycles. The Morgan fingerprint density at radius 3 is 2.65 bits per heavy atom. The van der Waals surface area contributed by atoms with Gasteiger partial charge in [0.1, 0.15) is 0 Å². The summed E-state index contributed by atoms with van der Waals surface area (Å²) in [6.45, 7) is 1.22. The summed E-state index contributed by atoms with van der Waals surface area (Å²) in [4.78, 5) is 23.3. The van der Waals surface area contributed by atoms with Crippen LogP contribution in [0.3, 0.4) is 0 Å². The Bertz CT molecular complexity index is 704. The maximum Gasteiger partial charge on any atom is 0.241 e. The van der Waals surface area contributed by atoms with Crippen molar-refractivity contribution in [1.29, 1.82) is 0 Å². The Hall–Kier alpha value is -1.64. The van der Waals surface area contributed by atoms with Crippen molar-refractivity contribution in [3.05, 3.63) is 29.3 Å². The van der Waals surface area contributed by atoms with Crippen LogP contribution in [0.2, 0.25) is 5.02 Å².